The fraction of sp³-hybridized carbons (Fsp3) is 0.606. The van der Waals surface area contributed by atoms with Crippen LogP contribution in [0.1, 0.15) is 128 Å². The SMILES string of the molecule is CCCCCCCCCCc1ccccc1N(C(N)=O)c1ccccc1CCCCCCCCCC. The van der Waals surface area contributed by atoms with E-state index in [9.17, 15) is 4.79 Å². The standard InChI is InChI=1S/C33H52N2O/c1-3-5-7-9-11-13-15-17-23-29-25-19-21-27-31(29)35(33(34)36)32-28-22-20-26-30(32)24-18-16-14-12-10-8-6-4-2/h19-22,25-28H,3-18,23-24H2,1-2H3,(H2,34,36). The largest absolute Gasteiger partial charge is 0.351 e. The Labute approximate surface area is 221 Å². The molecule has 0 saturated heterocycles. The van der Waals surface area contributed by atoms with E-state index in [4.69, 9.17) is 5.73 Å². The number of rotatable bonds is 20. The van der Waals surface area contributed by atoms with Crippen molar-refractivity contribution in [2.75, 3.05) is 4.90 Å². The number of benzene rings is 2. The highest BCUT2D eigenvalue weighted by molar-refractivity contribution is 5.99. The van der Waals surface area contributed by atoms with Gasteiger partial charge in [0, 0.05) is 0 Å². The van der Waals surface area contributed by atoms with Crippen molar-refractivity contribution < 1.29 is 4.79 Å². The van der Waals surface area contributed by atoms with Gasteiger partial charge in [0.05, 0.1) is 11.4 Å². The van der Waals surface area contributed by atoms with E-state index in [2.05, 4.69) is 50.2 Å². The minimum Gasteiger partial charge on any atom is -0.351 e. The van der Waals surface area contributed by atoms with Crippen LogP contribution >= 0.6 is 0 Å². The molecule has 0 heterocycles. The summed E-state index contributed by atoms with van der Waals surface area (Å²) in [7, 11) is 0. The highest BCUT2D eigenvalue weighted by atomic mass is 16.2. The molecule has 0 unspecified atom stereocenters. The predicted octanol–water partition coefficient (Wildman–Crippen LogP) is 10.3. The number of carbonyl (C=O) groups excluding carboxylic acids is 1. The summed E-state index contributed by atoms with van der Waals surface area (Å²) < 4.78 is 0. The first-order valence-corrected chi connectivity index (χ1v) is 14.9. The van der Waals surface area contributed by atoms with Crippen LogP contribution in [0.4, 0.5) is 16.2 Å². The zero-order chi connectivity index (χ0) is 25.8. The van der Waals surface area contributed by atoms with Gasteiger partial charge in [0.15, 0.2) is 0 Å². The topological polar surface area (TPSA) is 46.3 Å². The van der Waals surface area contributed by atoms with Gasteiger partial charge in [0.25, 0.3) is 0 Å². The van der Waals surface area contributed by atoms with E-state index >= 15 is 0 Å². The van der Waals surface area contributed by atoms with E-state index in [1.54, 1.807) is 4.90 Å². The second-order valence-corrected chi connectivity index (χ2v) is 10.4. The van der Waals surface area contributed by atoms with Crippen LogP contribution < -0.4 is 10.6 Å². The second-order valence-electron chi connectivity index (χ2n) is 10.4. The number of unbranched alkanes of at least 4 members (excludes halogenated alkanes) is 14. The first kappa shape index (κ1) is 29.9. The third-order valence-electron chi connectivity index (χ3n) is 7.28. The van der Waals surface area contributed by atoms with Crippen LogP contribution in [0.3, 0.4) is 0 Å². The normalized spacial score (nSPS) is 11.1. The number of amides is 2. The molecule has 0 aromatic heterocycles. The van der Waals surface area contributed by atoms with Crippen LogP contribution in [0.5, 0.6) is 0 Å². The second kappa shape index (κ2) is 18.9. The van der Waals surface area contributed by atoms with Gasteiger partial charge in [0.2, 0.25) is 0 Å². The number of hydrogen-bond donors (Lipinski definition) is 1. The Morgan fingerprint density at radius 1 is 0.556 bits per heavy atom. The lowest BCUT2D eigenvalue weighted by Gasteiger charge is -2.26. The van der Waals surface area contributed by atoms with Crippen LogP contribution in [0.15, 0.2) is 48.5 Å². The molecule has 2 aromatic rings. The molecule has 0 spiro atoms. The van der Waals surface area contributed by atoms with E-state index in [0.717, 1.165) is 37.1 Å². The monoisotopic (exact) mass is 492 g/mol. The summed E-state index contributed by atoms with van der Waals surface area (Å²) in [4.78, 5) is 14.5. The van der Waals surface area contributed by atoms with Gasteiger partial charge >= 0.3 is 6.03 Å². The maximum Gasteiger partial charge on any atom is 0.323 e. The predicted molar refractivity (Wildman–Crippen MR) is 157 cm³/mol. The van der Waals surface area contributed by atoms with Gasteiger partial charge in [-0.3, -0.25) is 4.90 Å². The Bertz CT molecular complexity index is 784. The van der Waals surface area contributed by atoms with Gasteiger partial charge in [-0.05, 0) is 48.9 Å². The van der Waals surface area contributed by atoms with Crippen molar-refractivity contribution in [1.82, 2.24) is 0 Å². The Kier molecular flexibility index (Phi) is 15.7. The van der Waals surface area contributed by atoms with Crippen LogP contribution in [0, 0.1) is 0 Å². The number of nitrogens with two attached hydrogens (primary N) is 1. The Morgan fingerprint density at radius 3 is 1.25 bits per heavy atom. The van der Waals surface area contributed by atoms with E-state index in [1.165, 1.54) is 101 Å². The summed E-state index contributed by atoms with van der Waals surface area (Å²) in [5, 5.41) is 0. The molecule has 0 bridgehead atoms. The van der Waals surface area contributed by atoms with Crippen molar-refractivity contribution in [3.05, 3.63) is 59.7 Å². The molecule has 0 atom stereocenters. The zero-order valence-corrected chi connectivity index (χ0v) is 23.3. The van der Waals surface area contributed by atoms with E-state index in [0.29, 0.717) is 0 Å². The number of urea groups is 1. The average molecular weight is 493 g/mol. The van der Waals surface area contributed by atoms with Gasteiger partial charge in [-0.25, -0.2) is 4.79 Å². The molecule has 2 amide bonds. The molecule has 36 heavy (non-hydrogen) atoms. The molecule has 0 radical (unpaired) electrons. The highest BCUT2D eigenvalue weighted by Gasteiger charge is 2.20. The number of hydrogen-bond acceptors (Lipinski definition) is 1. The van der Waals surface area contributed by atoms with E-state index < -0.39 is 6.03 Å². The highest BCUT2D eigenvalue weighted by Crippen LogP contribution is 2.33. The van der Waals surface area contributed by atoms with Crippen molar-refractivity contribution >= 4 is 17.4 Å². The minimum atomic E-state index is -0.401. The third-order valence-corrected chi connectivity index (χ3v) is 7.28. The fourth-order valence-corrected chi connectivity index (χ4v) is 5.15. The molecular formula is C33H52N2O. The van der Waals surface area contributed by atoms with Crippen molar-refractivity contribution in [2.24, 2.45) is 5.73 Å². The van der Waals surface area contributed by atoms with Gasteiger partial charge in [-0.2, -0.15) is 0 Å². The van der Waals surface area contributed by atoms with Crippen LogP contribution in [0.2, 0.25) is 0 Å². The van der Waals surface area contributed by atoms with Crippen molar-refractivity contribution in [1.29, 1.82) is 0 Å². The molecule has 3 nitrogen and oxygen atoms in total. The number of primary amides is 1. The fourth-order valence-electron chi connectivity index (χ4n) is 5.15. The smallest absolute Gasteiger partial charge is 0.323 e. The number of carbonyl (C=O) groups is 1. The maximum atomic E-state index is 12.8. The molecule has 0 aliphatic heterocycles. The zero-order valence-electron chi connectivity index (χ0n) is 23.3. The van der Waals surface area contributed by atoms with Crippen LogP contribution in [-0.2, 0) is 12.8 Å². The van der Waals surface area contributed by atoms with Gasteiger partial charge in [-0.15, -0.1) is 0 Å². The summed E-state index contributed by atoms with van der Waals surface area (Å²) in [6.45, 7) is 4.53. The lowest BCUT2D eigenvalue weighted by molar-refractivity contribution is 0.256. The molecule has 0 fully saturated rings. The quantitative estimate of drug-likeness (QED) is 0.184. The summed E-state index contributed by atoms with van der Waals surface area (Å²) in [5.74, 6) is 0. The number of nitrogens with zero attached hydrogens (tertiary/aromatic N) is 1. The first-order chi connectivity index (χ1) is 17.7. The number of aryl methyl sites for hydroxylation is 2. The molecule has 0 aliphatic rings. The molecule has 200 valence electrons. The molecular weight excluding hydrogens is 440 g/mol. The van der Waals surface area contributed by atoms with Gasteiger partial charge < -0.3 is 5.73 Å². The third kappa shape index (κ3) is 11.2. The lowest BCUT2D eigenvalue weighted by Crippen LogP contribution is -2.33. The summed E-state index contributed by atoms with van der Waals surface area (Å²) in [6.07, 6.45) is 22.8. The molecule has 2 rings (SSSR count). The first-order valence-electron chi connectivity index (χ1n) is 14.9. The van der Waals surface area contributed by atoms with Crippen molar-refractivity contribution in [2.45, 2.75) is 129 Å². The van der Waals surface area contributed by atoms with Gasteiger partial charge in [-0.1, -0.05) is 140 Å². The number of para-hydroxylation sites is 2. The summed E-state index contributed by atoms with van der Waals surface area (Å²) in [6, 6.07) is 16.2. The molecule has 2 N–H and O–H groups in total. The summed E-state index contributed by atoms with van der Waals surface area (Å²) in [5.41, 5.74) is 10.3. The number of anilines is 2. The van der Waals surface area contributed by atoms with E-state index in [-0.39, 0.29) is 0 Å². The average Bonchev–Trinajstić information content (AvgIpc) is 2.89. The Morgan fingerprint density at radius 2 is 0.889 bits per heavy atom. The summed E-state index contributed by atoms with van der Waals surface area (Å²) >= 11 is 0. The molecule has 0 saturated carbocycles. The Balaban J connectivity index is 1.97. The van der Waals surface area contributed by atoms with Gasteiger partial charge in [0.1, 0.15) is 0 Å². The Hall–Kier alpha value is -2.29. The lowest BCUT2D eigenvalue weighted by atomic mass is 10.00. The van der Waals surface area contributed by atoms with Crippen LogP contribution in [-0.4, -0.2) is 6.03 Å². The maximum absolute atomic E-state index is 12.8. The molecule has 0 aliphatic carbocycles. The molecule has 2 aromatic carbocycles. The van der Waals surface area contributed by atoms with E-state index in [1.807, 2.05) is 12.1 Å². The van der Waals surface area contributed by atoms with Crippen molar-refractivity contribution in [3.63, 3.8) is 0 Å². The minimum absolute atomic E-state index is 0.401. The van der Waals surface area contributed by atoms with Crippen molar-refractivity contribution in [3.8, 4) is 0 Å². The van der Waals surface area contributed by atoms with Crippen LogP contribution in [0.25, 0.3) is 0 Å². The molecule has 3 heteroatoms.